The molecule has 0 saturated heterocycles. The molecule has 1 atom stereocenters. The number of methoxy groups -OCH3 is 1. The molecule has 0 saturated carbocycles. The second-order valence-corrected chi connectivity index (χ2v) is 13.1. The van der Waals surface area contributed by atoms with E-state index in [0.717, 1.165) is 17.2 Å². The largest absolute Gasteiger partial charge is 0.465 e. The average Bonchev–Trinajstić information content (AvgIpc) is 2.40. The van der Waals surface area contributed by atoms with Gasteiger partial charge in [0.25, 0.3) is 0 Å². The van der Waals surface area contributed by atoms with Crippen LogP contribution in [-0.2, 0) is 19.1 Å². The van der Waals surface area contributed by atoms with Crippen molar-refractivity contribution in [3.05, 3.63) is 11.1 Å². The Morgan fingerprint density at radius 2 is 1.70 bits per heavy atom. The Hall–Kier alpha value is -1.01. The molecule has 0 aliphatic rings. The predicted octanol–water partition coefficient (Wildman–Crippen LogP) is 4.13. The maximum atomic E-state index is 13.7. The summed E-state index contributed by atoms with van der Waals surface area (Å²) < 4.78 is 23.9. The second-order valence-electron chi connectivity index (χ2n) is 7.52. The molecule has 0 bridgehead atoms. The van der Waals surface area contributed by atoms with Gasteiger partial charge in [0.15, 0.2) is 5.41 Å². The van der Waals surface area contributed by atoms with E-state index in [4.69, 9.17) is 9.47 Å². The van der Waals surface area contributed by atoms with Crippen molar-refractivity contribution < 1.29 is 23.5 Å². The number of carbonyl (C=O) groups excluding carboxylic acids is 2. The fourth-order valence-electron chi connectivity index (χ4n) is 1.95. The number of carbonyl (C=O) groups is 2. The minimum Gasteiger partial charge on any atom is -0.465 e. The van der Waals surface area contributed by atoms with Crippen molar-refractivity contribution in [2.45, 2.75) is 59.3 Å². The third-order valence-corrected chi connectivity index (χ3v) is 5.73. The summed E-state index contributed by atoms with van der Waals surface area (Å²) in [6.45, 7) is 12.2. The second kappa shape index (κ2) is 9.32. The number of allylic oxidation sites excluding steroid dienone is 2. The summed E-state index contributed by atoms with van der Waals surface area (Å²) in [7, 11) is -0.0267. The van der Waals surface area contributed by atoms with Gasteiger partial charge in [-0.15, -0.1) is 0 Å². The van der Waals surface area contributed by atoms with Gasteiger partial charge in [0.2, 0.25) is 0 Å². The quantitative estimate of drug-likeness (QED) is 0.196. The zero-order valence-electron chi connectivity index (χ0n) is 15.5. The number of rotatable bonds is 10. The molecule has 0 heterocycles. The van der Waals surface area contributed by atoms with E-state index in [2.05, 4.69) is 19.6 Å². The van der Waals surface area contributed by atoms with E-state index in [0.29, 0.717) is 6.42 Å². The third-order valence-electron chi connectivity index (χ3n) is 4.02. The molecule has 0 N–H and O–H groups in total. The molecule has 0 spiro atoms. The molecule has 0 fully saturated rings. The third kappa shape index (κ3) is 7.39. The molecule has 0 amide bonds. The normalized spacial score (nSPS) is 14.1. The first-order chi connectivity index (χ1) is 10.5. The molecule has 0 aromatic carbocycles. The summed E-state index contributed by atoms with van der Waals surface area (Å²) in [5, 5.41) is 0. The Kier molecular flexibility index (Phi) is 8.91. The van der Waals surface area contributed by atoms with Crippen LogP contribution in [0.3, 0.4) is 0 Å². The molecule has 0 unspecified atom stereocenters. The van der Waals surface area contributed by atoms with Crippen LogP contribution in [0.1, 0.15) is 33.6 Å². The number of ether oxygens (including phenoxy) is 2. The van der Waals surface area contributed by atoms with Crippen molar-refractivity contribution >= 4 is 20.1 Å². The highest BCUT2D eigenvalue weighted by Gasteiger charge is 2.48. The first-order valence-corrected chi connectivity index (χ1v) is 11.7. The zero-order valence-corrected chi connectivity index (χ0v) is 16.5. The Morgan fingerprint density at radius 3 is 2.09 bits per heavy atom. The van der Waals surface area contributed by atoms with E-state index in [1.807, 2.05) is 20.8 Å². The summed E-state index contributed by atoms with van der Waals surface area (Å²) in [5.41, 5.74) is 0.265. The standard InChI is InChI=1S/C17H31FO4Si/c1-13(2)14(3)8-9-17(12-21-4,15(18)19)16(20)22-10-11-23(5,6)7/h8-12H2,1-7H3/t17-/m1/s1. The van der Waals surface area contributed by atoms with E-state index in [1.54, 1.807) is 0 Å². The van der Waals surface area contributed by atoms with Crippen molar-refractivity contribution in [1.29, 1.82) is 0 Å². The van der Waals surface area contributed by atoms with Crippen LogP contribution in [-0.4, -0.2) is 40.4 Å². The van der Waals surface area contributed by atoms with E-state index in [1.165, 1.54) is 7.11 Å². The van der Waals surface area contributed by atoms with E-state index < -0.39 is 25.5 Å². The summed E-state index contributed by atoms with van der Waals surface area (Å²) in [6.07, 6.45) is 0.503. The maximum absolute atomic E-state index is 13.7. The fourth-order valence-corrected chi connectivity index (χ4v) is 2.67. The number of hydrogen-bond acceptors (Lipinski definition) is 4. The van der Waals surface area contributed by atoms with Crippen molar-refractivity contribution in [1.82, 2.24) is 0 Å². The van der Waals surface area contributed by atoms with Crippen LogP contribution in [0.2, 0.25) is 25.7 Å². The van der Waals surface area contributed by atoms with Crippen molar-refractivity contribution in [3.8, 4) is 0 Å². The smallest absolute Gasteiger partial charge is 0.324 e. The summed E-state index contributed by atoms with van der Waals surface area (Å²) in [6, 6.07) is -0.908. The lowest BCUT2D eigenvalue weighted by atomic mass is 9.83. The molecule has 0 aromatic rings. The molecule has 0 rings (SSSR count). The van der Waals surface area contributed by atoms with E-state index in [9.17, 15) is 14.0 Å². The van der Waals surface area contributed by atoms with Crippen LogP contribution >= 0.6 is 0 Å². The van der Waals surface area contributed by atoms with Crippen LogP contribution in [0.4, 0.5) is 4.39 Å². The Bertz CT molecular complexity index is 450. The first kappa shape index (κ1) is 22.0. The van der Waals surface area contributed by atoms with Crippen LogP contribution in [0.15, 0.2) is 11.1 Å². The maximum Gasteiger partial charge on any atom is 0.324 e. The van der Waals surface area contributed by atoms with Gasteiger partial charge < -0.3 is 9.47 Å². The highest BCUT2D eigenvalue weighted by molar-refractivity contribution is 6.76. The van der Waals surface area contributed by atoms with Crippen LogP contribution in [0, 0.1) is 5.41 Å². The first-order valence-electron chi connectivity index (χ1n) is 7.95. The minimum atomic E-state index is -1.86. The van der Waals surface area contributed by atoms with Crippen LogP contribution in [0.25, 0.3) is 0 Å². The van der Waals surface area contributed by atoms with E-state index >= 15 is 0 Å². The van der Waals surface area contributed by atoms with Gasteiger partial charge in [0, 0.05) is 15.2 Å². The highest BCUT2D eigenvalue weighted by atomic mass is 28.3. The summed E-state index contributed by atoms with van der Waals surface area (Å²) >= 11 is 0. The van der Waals surface area contributed by atoms with Gasteiger partial charge >= 0.3 is 12.0 Å². The van der Waals surface area contributed by atoms with Crippen molar-refractivity contribution in [2.24, 2.45) is 5.41 Å². The molecule has 6 heteroatoms. The monoisotopic (exact) mass is 346 g/mol. The van der Waals surface area contributed by atoms with Gasteiger partial charge in [0.05, 0.1) is 13.2 Å². The van der Waals surface area contributed by atoms with Gasteiger partial charge in [-0.2, -0.15) is 4.39 Å². The Morgan fingerprint density at radius 1 is 1.13 bits per heavy atom. The average molecular weight is 347 g/mol. The van der Waals surface area contributed by atoms with Gasteiger partial charge in [-0.3, -0.25) is 9.59 Å². The molecular weight excluding hydrogens is 315 g/mol. The van der Waals surface area contributed by atoms with Gasteiger partial charge in [-0.1, -0.05) is 30.8 Å². The van der Waals surface area contributed by atoms with Crippen molar-refractivity contribution in [3.63, 3.8) is 0 Å². The van der Waals surface area contributed by atoms with Gasteiger partial charge in [-0.05, 0) is 39.7 Å². The molecule has 23 heavy (non-hydrogen) atoms. The van der Waals surface area contributed by atoms with Crippen LogP contribution < -0.4 is 0 Å². The topological polar surface area (TPSA) is 52.6 Å². The fraction of sp³-hybridized carbons (Fsp3) is 0.765. The Balaban J connectivity index is 5.14. The summed E-state index contributed by atoms with van der Waals surface area (Å²) in [4.78, 5) is 24.0. The Labute approximate surface area is 140 Å². The number of halogens is 1. The molecule has 4 nitrogen and oxygen atoms in total. The molecule has 0 aromatic heterocycles. The SMILES string of the molecule is COC[C@](CCC(C)=C(C)C)(C(=O)F)C(=O)OCC[Si](C)(C)C. The molecule has 0 aliphatic heterocycles. The molecule has 0 aliphatic carbocycles. The lowest BCUT2D eigenvalue weighted by Crippen LogP contribution is -2.43. The predicted molar refractivity (Wildman–Crippen MR) is 92.8 cm³/mol. The lowest BCUT2D eigenvalue weighted by molar-refractivity contribution is -0.169. The van der Waals surface area contributed by atoms with Crippen molar-refractivity contribution in [2.75, 3.05) is 20.3 Å². The molecule has 134 valence electrons. The highest BCUT2D eigenvalue weighted by Crippen LogP contribution is 2.31. The molecule has 0 radical (unpaired) electrons. The van der Waals surface area contributed by atoms with Gasteiger partial charge in [0.1, 0.15) is 0 Å². The lowest BCUT2D eigenvalue weighted by Gasteiger charge is -2.27. The minimum absolute atomic E-state index is 0.0545. The molecular formula is C17H31FO4Si. The van der Waals surface area contributed by atoms with Gasteiger partial charge in [-0.25, -0.2) is 0 Å². The zero-order chi connectivity index (χ0) is 18.3. The number of esters is 1. The van der Waals surface area contributed by atoms with Crippen LogP contribution in [0.5, 0.6) is 0 Å². The summed E-state index contributed by atoms with van der Waals surface area (Å²) in [5.74, 6) is -0.813. The van der Waals surface area contributed by atoms with E-state index in [-0.39, 0.29) is 19.6 Å². The number of hydrogen-bond donors (Lipinski definition) is 0.